The zero-order valence-electron chi connectivity index (χ0n) is 14.7. The maximum absolute atomic E-state index is 12.2. The van der Waals surface area contributed by atoms with E-state index < -0.39 is 5.91 Å². The summed E-state index contributed by atoms with van der Waals surface area (Å²) in [6.07, 6.45) is 0. The van der Waals surface area contributed by atoms with Crippen LogP contribution in [0.3, 0.4) is 0 Å². The van der Waals surface area contributed by atoms with E-state index in [-0.39, 0.29) is 23.1 Å². The Balaban J connectivity index is 1.58. The molecule has 0 aliphatic heterocycles. The van der Waals surface area contributed by atoms with Crippen LogP contribution in [-0.2, 0) is 4.79 Å². The number of primary amides is 1. The second-order valence-corrected chi connectivity index (χ2v) is 7.70. The van der Waals surface area contributed by atoms with Crippen molar-refractivity contribution in [2.24, 2.45) is 5.73 Å². The summed E-state index contributed by atoms with van der Waals surface area (Å²) in [4.78, 5) is 37.3. The van der Waals surface area contributed by atoms with Gasteiger partial charge in [-0.1, -0.05) is 24.3 Å². The number of carbonyl (C=O) groups is 3. The van der Waals surface area contributed by atoms with Crippen LogP contribution in [0.2, 0.25) is 0 Å². The molecular weight excluding hydrogens is 394 g/mol. The molecule has 8 heteroatoms. The Morgan fingerprint density at radius 2 is 1.79 bits per heavy atom. The number of nitrogens with two attached hydrogens (primary N) is 1. The third-order valence-electron chi connectivity index (χ3n) is 3.67. The first-order valence-electron chi connectivity index (χ1n) is 8.29. The van der Waals surface area contributed by atoms with E-state index in [9.17, 15) is 14.4 Å². The standard InChI is InChI=1S/C20H17N3O3S2/c21-19(25)15-7-1-2-8-16(15)23-18(24)12-28-14-6-3-5-13(11-14)22-20(26)17-9-4-10-27-17/h1-11H,12H2,(H2,21,25)(H,22,26)(H,23,24). The van der Waals surface area contributed by atoms with Gasteiger partial charge in [-0.2, -0.15) is 0 Å². The highest BCUT2D eigenvalue weighted by molar-refractivity contribution is 8.00. The van der Waals surface area contributed by atoms with E-state index in [1.807, 2.05) is 23.6 Å². The summed E-state index contributed by atoms with van der Waals surface area (Å²) in [5.41, 5.74) is 6.62. The Morgan fingerprint density at radius 1 is 0.964 bits per heavy atom. The van der Waals surface area contributed by atoms with Crippen LogP contribution in [0.1, 0.15) is 20.0 Å². The van der Waals surface area contributed by atoms with E-state index in [1.54, 1.807) is 42.5 Å². The first-order chi connectivity index (χ1) is 13.5. The van der Waals surface area contributed by atoms with Crippen molar-refractivity contribution < 1.29 is 14.4 Å². The largest absolute Gasteiger partial charge is 0.366 e. The molecule has 0 fully saturated rings. The van der Waals surface area contributed by atoms with Gasteiger partial charge in [-0.15, -0.1) is 23.1 Å². The summed E-state index contributed by atoms with van der Waals surface area (Å²) < 4.78 is 0. The first kappa shape index (κ1) is 19.7. The predicted molar refractivity (Wildman–Crippen MR) is 113 cm³/mol. The van der Waals surface area contributed by atoms with Crippen LogP contribution in [0.4, 0.5) is 11.4 Å². The van der Waals surface area contributed by atoms with Crippen LogP contribution in [0.15, 0.2) is 70.9 Å². The van der Waals surface area contributed by atoms with Crippen molar-refractivity contribution in [1.82, 2.24) is 0 Å². The van der Waals surface area contributed by atoms with Crippen molar-refractivity contribution in [3.8, 4) is 0 Å². The van der Waals surface area contributed by atoms with E-state index in [4.69, 9.17) is 5.73 Å². The van der Waals surface area contributed by atoms with Gasteiger partial charge in [-0.05, 0) is 41.8 Å². The highest BCUT2D eigenvalue weighted by Crippen LogP contribution is 2.23. The van der Waals surface area contributed by atoms with Crippen LogP contribution < -0.4 is 16.4 Å². The molecule has 3 rings (SSSR count). The lowest BCUT2D eigenvalue weighted by Crippen LogP contribution is -2.19. The van der Waals surface area contributed by atoms with E-state index in [1.165, 1.54) is 23.1 Å². The third kappa shape index (κ3) is 5.21. The lowest BCUT2D eigenvalue weighted by Gasteiger charge is -2.09. The fourth-order valence-corrected chi connectivity index (χ4v) is 3.78. The van der Waals surface area contributed by atoms with E-state index in [0.29, 0.717) is 16.3 Å². The number of thiophene rings is 1. The molecule has 3 aromatic rings. The molecule has 0 spiro atoms. The van der Waals surface area contributed by atoms with Gasteiger partial charge in [0.15, 0.2) is 0 Å². The normalized spacial score (nSPS) is 10.3. The lowest BCUT2D eigenvalue weighted by atomic mass is 10.1. The summed E-state index contributed by atoms with van der Waals surface area (Å²) in [6, 6.07) is 17.4. The van der Waals surface area contributed by atoms with Gasteiger partial charge in [0.05, 0.1) is 21.9 Å². The second kappa shape index (κ2) is 9.20. The zero-order chi connectivity index (χ0) is 19.9. The van der Waals surface area contributed by atoms with Gasteiger partial charge in [0.25, 0.3) is 11.8 Å². The van der Waals surface area contributed by atoms with Gasteiger partial charge in [0.2, 0.25) is 5.91 Å². The number of thioether (sulfide) groups is 1. The lowest BCUT2D eigenvalue weighted by molar-refractivity contribution is -0.113. The molecule has 1 heterocycles. The minimum absolute atomic E-state index is 0.148. The maximum Gasteiger partial charge on any atom is 0.265 e. The first-order valence-corrected chi connectivity index (χ1v) is 10.2. The number of benzene rings is 2. The van der Waals surface area contributed by atoms with Crippen LogP contribution >= 0.6 is 23.1 Å². The second-order valence-electron chi connectivity index (χ2n) is 5.71. The smallest absolute Gasteiger partial charge is 0.265 e. The molecule has 142 valence electrons. The van der Waals surface area contributed by atoms with Crippen molar-refractivity contribution in [1.29, 1.82) is 0 Å². The number of rotatable bonds is 7. The van der Waals surface area contributed by atoms with Gasteiger partial charge in [0, 0.05) is 10.6 Å². The van der Waals surface area contributed by atoms with Crippen molar-refractivity contribution in [3.05, 3.63) is 76.5 Å². The number of hydrogen-bond acceptors (Lipinski definition) is 5. The number of para-hydroxylation sites is 1. The molecule has 3 amide bonds. The van der Waals surface area contributed by atoms with Gasteiger partial charge in [-0.3, -0.25) is 14.4 Å². The summed E-state index contributed by atoms with van der Waals surface area (Å²) in [7, 11) is 0. The minimum atomic E-state index is -0.599. The summed E-state index contributed by atoms with van der Waals surface area (Å²) >= 11 is 2.69. The average molecular weight is 412 g/mol. The molecule has 0 bridgehead atoms. The van der Waals surface area contributed by atoms with Gasteiger partial charge < -0.3 is 16.4 Å². The molecule has 2 aromatic carbocycles. The van der Waals surface area contributed by atoms with E-state index in [2.05, 4.69) is 10.6 Å². The molecule has 0 saturated carbocycles. The Bertz CT molecular complexity index is 1000. The summed E-state index contributed by atoms with van der Waals surface area (Å²) in [5.74, 6) is -0.877. The molecule has 0 aliphatic carbocycles. The molecule has 0 atom stereocenters. The molecule has 6 nitrogen and oxygen atoms in total. The molecule has 0 aliphatic rings. The van der Waals surface area contributed by atoms with Crippen LogP contribution in [0.25, 0.3) is 0 Å². The third-order valence-corrected chi connectivity index (χ3v) is 5.54. The number of nitrogens with one attached hydrogen (secondary N) is 2. The Kier molecular flexibility index (Phi) is 6.46. The summed E-state index contributed by atoms with van der Waals surface area (Å²) in [5, 5.41) is 7.38. The number of carbonyl (C=O) groups excluding carboxylic acids is 3. The quantitative estimate of drug-likeness (QED) is 0.514. The van der Waals surface area contributed by atoms with Crippen LogP contribution in [-0.4, -0.2) is 23.5 Å². The molecule has 0 radical (unpaired) electrons. The van der Waals surface area contributed by atoms with Crippen molar-refractivity contribution in [3.63, 3.8) is 0 Å². The van der Waals surface area contributed by atoms with Crippen LogP contribution in [0.5, 0.6) is 0 Å². The SMILES string of the molecule is NC(=O)c1ccccc1NC(=O)CSc1cccc(NC(=O)c2cccs2)c1. The van der Waals surface area contributed by atoms with Crippen molar-refractivity contribution in [2.75, 3.05) is 16.4 Å². The minimum Gasteiger partial charge on any atom is -0.366 e. The molecule has 0 unspecified atom stereocenters. The molecular formula is C20H17N3O3S2. The molecule has 28 heavy (non-hydrogen) atoms. The molecule has 0 saturated heterocycles. The van der Waals surface area contributed by atoms with E-state index >= 15 is 0 Å². The Morgan fingerprint density at radius 3 is 2.54 bits per heavy atom. The van der Waals surface area contributed by atoms with Gasteiger partial charge in [-0.25, -0.2) is 0 Å². The summed E-state index contributed by atoms with van der Waals surface area (Å²) in [6.45, 7) is 0. The van der Waals surface area contributed by atoms with Crippen LogP contribution in [0, 0.1) is 0 Å². The number of hydrogen-bond donors (Lipinski definition) is 3. The monoisotopic (exact) mass is 411 g/mol. The number of amides is 3. The Hall–Kier alpha value is -3.10. The molecule has 1 aromatic heterocycles. The molecule has 4 N–H and O–H groups in total. The fourth-order valence-electron chi connectivity index (χ4n) is 2.41. The van der Waals surface area contributed by atoms with Gasteiger partial charge in [0.1, 0.15) is 0 Å². The van der Waals surface area contributed by atoms with Crippen molar-refractivity contribution in [2.45, 2.75) is 4.90 Å². The maximum atomic E-state index is 12.2. The van der Waals surface area contributed by atoms with Crippen molar-refractivity contribution >= 4 is 52.2 Å². The number of anilines is 2. The fraction of sp³-hybridized carbons (Fsp3) is 0.0500. The Labute approximate surface area is 170 Å². The highest BCUT2D eigenvalue weighted by Gasteiger charge is 2.11. The zero-order valence-corrected chi connectivity index (χ0v) is 16.3. The highest BCUT2D eigenvalue weighted by atomic mass is 32.2. The van der Waals surface area contributed by atoms with E-state index in [0.717, 1.165) is 4.90 Å². The predicted octanol–water partition coefficient (Wildman–Crippen LogP) is 3.83. The topological polar surface area (TPSA) is 101 Å². The average Bonchev–Trinajstić information content (AvgIpc) is 3.22. The van der Waals surface area contributed by atoms with Gasteiger partial charge >= 0.3 is 0 Å².